The molecular weight excluding hydrogens is 534 g/mol. The van der Waals surface area contributed by atoms with Gasteiger partial charge in [0.1, 0.15) is 24.1 Å². The first kappa shape index (κ1) is 25.5. The van der Waals surface area contributed by atoms with Crippen molar-refractivity contribution < 1.29 is 34.0 Å². The Morgan fingerprint density at radius 2 is 1.75 bits per heavy atom. The number of fused-ring (bicyclic) bond motifs is 9. The molecule has 10 nitrogen and oxygen atoms in total. The van der Waals surface area contributed by atoms with Crippen LogP contribution in [-0.4, -0.2) is 76.1 Å². The number of phenols is 2. The van der Waals surface area contributed by atoms with Crippen molar-refractivity contribution in [3.8, 4) is 29.1 Å². The number of benzene rings is 2. The van der Waals surface area contributed by atoms with Crippen LogP contribution in [0, 0.1) is 32.1 Å². The molecule has 0 spiro atoms. The van der Waals surface area contributed by atoms with Crippen LogP contribution >= 0.6 is 11.8 Å². The second-order valence-electron chi connectivity index (χ2n) is 11.3. The van der Waals surface area contributed by atoms with Gasteiger partial charge in [-0.1, -0.05) is 6.07 Å². The number of phenolic OH excluding ortho intramolecular Hbond substituents is 2. The predicted molar refractivity (Wildman–Crippen MR) is 143 cm³/mol. The van der Waals surface area contributed by atoms with Crippen molar-refractivity contribution in [3.05, 3.63) is 45.0 Å². The number of likely N-dealkylation sites (N-methyl/N-ethyl adjacent to an activating group) is 1. The molecule has 2 unspecified atom stereocenters. The van der Waals surface area contributed by atoms with E-state index in [9.17, 15) is 25.1 Å². The van der Waals surface area contributed by atoms with E-state index < -0.39 is 35.1 Å². The maximum absolute atomic E-state index is 12.7. The number of piperazine rings is 1. The largest absolute Gasteiger partial charge is 0.507 e. The van der Waals surface area contributed by atoms with E-state index in [2.05, 4.69) is 21.9 Å². The zero-order valence-corrected chi connectivity index (χ0v) is 23.4. The van der Waals surface area contributed by atoms with Gasteiger partial charge >= 0.3 is 5.97 Å². The minimum Gasteiger partial charge on any atom is -0.507 e. The maximum atomic E-state index is 12.7. The lowest BCUT2D eigenvalue weighted by Crippen LogP contribution is -2.69. The highest BCUT2D eigenvalue weighted by atomic mass is 32.2. The molecule has 2 aromatic rings. The van der Waals surface area contributed by atoms with E-state index in [1.54, 1.807) is 6.92 Å². The SMILES string of the molecule is Cc1cc2c(c(O)c1C)[C@@H]1C3[C@@H]4SCC(=O)C(=O)OC[C@@H](c5c6c(c(C)c(O)c54)OCO6)N3C(C#N)[C@H](C2)N1C. The van der Waals surface area contributed by atoms with Crippen LogP contribution in [0.2, 0.25) is 0 Å². The number of Topliss-reactive ketones (excluding diaryl/α,β-unsaturated/α-hetero) is 1. The Labute approximate surface area is 235 Å². The Morgan fingerprint density at radius 1 is 1.02 bits per heavy atom. The third-order valence-corrected chi connectivity index (χ3v) is 10.8. The van der Waals surface area contributed by atoms with Gasteiger partial charge in [0.2, 0.25) is 12.6 Å². The number of cyclic esters (lactones) is 1. The second-order valence-corrected chi connectivity index (χ2v) is 12.4. The maximum Gasteiger partial charge on any atom is 0.375 e. The molecule has 2 N–H and O–H groups in total. The molecule has 4 bridgehead atoms. The Bertz CT molecular complexity index is 1550. The van der Waals surface area contributed by atoms with Gasteiger partial charge in [0, 0.05) is 34.3 Å². The van der Waals surface area contributed by atoms with Gasteiger partial charge in [0.15, 0.2) is 11.5 Å². The molecule has 0 aliphatic carbocycles. The molecule has 40 heavy (non-hydrogen) atoms. The van der Waals surface area contributed by atoms with Gasteiger partial charge in [0.05, 0.1) is 29.2 Å². The van der Waals surface area contributed by atoms with Crippen LogP contribution in [-0.2, 0) is 20.7 Å². The molecule has 0 amide bonds. The van der Waals surface area contributed by atoms with Crippen molar-refractivity contribution in [2.75, 3.05) is 26.2 Å². The molecule has 11 heteroatoms. The van der Waals surface area contributed by atoms with E-state index in [0.29, 0.717) is 34.6 Å². The number of ketones is 1. The highest BCUT2D eigenvalue weighted by Gasteiger charge is 2.60. The van der Waals surface area contributed by atoms with Crippen LogP contribution in [0.25, 0.3) is 0 Å². The highest BCUT2D eigenvalue weighted by Crippen LogP contribution is 2.63. The van der Waals surface area contributed by atoms with Crippen molar-refractivity contribution in [1.82, 2.24) is 9.80 Å². The lowest BCUT2D eigenvalue weighted by molar-refractivity contribution is -0.157. The van der Waals surface area contributed by atoms with Crippen LogP contribution < -0.4 is 9.47 Å². The van der Waals surface area contributed by atoms with Crippen LogP contribution in [0.1, 0.15) is 56.3 Å². The summed E-state index contributed by atoms with van der Waals surface area (Å²) in [6, 6.07) is 2.33. The predicted octanol–water partition coefficient (Wildman–Crippen LogP) is 2.88. The number of nitrogens with zero attached hydrogens (tertiary/aromatic N) is 3. The molecule has 5 heterocycles. The summed E-state index contributed by atoms with van der Waals surface area (Å²) in [5.41, 5.74) is 5.33. The molecule has 5 aliphatic rings. The number of hydrogen-bond acceptors (Lipinski definition) is 11. The highest BCUT2D eigenvalue weighted by molar-refractivity contribution is 8.00. The summed E-state index contributed by atoms with van der Waals surface area (Å²) in [6.45, 7) is 5.41. The third kappa shape index (κ3) is 3.18. The van der Waals surface area contributed by atoms with E-state index in [0.717, 1.165) is 22.3 Å². The minimum absolute atomic E-state index is 0.0200. The Kier molecular flexibility index (Phi) is 5.59. The fourth-order valence-electron chi connectivity index (χ4n) is 7.50. The van der Waals surface area contributed by atoms with Crippen molar-refractivity contribution in [2.24, 2.45) is 0 Å². The number of esters is 1. The van der Waals surface area contributed by atoms with Crippen LogP contribution in [0.15, 0.2) is 6.07 Å². The topological polar surface area (TPSA) is 133 Å². The standard InChI is InChI=1S/C29H29N3O7S/c1-11-5-14-6-15-16(7-30)32-17-8-37-29(36)18(33)9-40-28(23(32)22(31(15)4)19(14)24(34)12(11)2)21-20(17)27-26(38-10-39-27)13(3)25(21)35/h5,15-17,22-23,28,34-35H,6,8-10H2,1-4H3/t15-,16?,17-,22+,23?,28+/m0/s1. The normalized spacial score (nSPS) is 30.7. The molecule has 208 valence electrons. The summed E-state index contributed by atoms with van der Waals surface area (Å²) < 4.78 is 17.3. The lowest BCUT2D eigenvalue weighted by atomic mass is 9.71. The number of aromatic hydroxyl groups is 2. The smallest absolute Gasteiger partial charge is 0.375 e. The minimum atomic E-state index is -0.916. The average molecular weight is 564 g/mol. The number of thioether (sulfide) groups is 1. The summed E-state index contributed by atoms with van der Waals surface area (Å²) in [4.78, 5) is 29.6. The number of carbonyl (C=O) groups excluding carboxylic acids is 2. The molecule has 2 saturated heterocycles. The Morgan fingerprint density at radius 3 is 2.50 bits per heavy atom. The number of aryl methyl sites for hydroxylation is 1. The number of ether oxygens (including phenoxy) is 3. The number of carbonyl (C=O) groups is 2. The first-order valence-corrected chi connectivity index (χ1v) is 14.4. The Balaban J connectivity index is 1.55. The van der Waals surface area contributed by atoms with Crippen molar-refractivity contribution in [1.29, 1.82) is 5.26 Å². The summed E-state index contributed by atoms with van der Waals surface area (Å²) >= 11 is 1.25. The fraction of sp³-hybridized carbons (Fsp3) is 0.483. The van der Waals surface area contributed by atoms with E-state index in [1.165, 1.54) is 11.8 Å². The molecule has 5 aliphatic heterocycles. The fourth-order valence-corrected chi connectivity index (χ4v) is 8.84. The summed E-state index contributed by atoms with van der Waals surface area (Å²) in [5, 5.41) is 33.3. The molecular formula is C29H29N3O7S. The molecule has 0 aromatic heterocycles. The van der Waals surface area contributed by atoms with Gasteiger partial charge in [-0.3, -0.25) is 14.6 Å². The monoisotopic (exact) mass is 563 g/mol. The van der Waals surface area contributed by atoms with Crippen molar-refractivity contribution in [2.45, 2.75) is 62.7 Å². The van der Waals surface area contributed by atoms with Gasteiger partial charge < -0.3 is 24.4 Å². The van der Waals surface area contributed by atoms with Gasteiger partial charge in [-0.05, 0) is 50.9 Å². The van der Waals surface area contributed by atoms with Crippen LogP contribution in [0.5, 0.6) is 23.0 Å². The summed E-state index contributed by atoms with van der Waals surface area (Å²) in [5.74, 6) is -0.558. The van der Waals surface area contributed by atoms with Crippen LogP contribution in [0.4, 0.5) is 0 Å². The van der Waals surface area contributed by atoms with E-state index in [1.807, 2.05) is 20.9 Å². The number of nitriles is 1. The van der Waals surface area contributed by atoms with E-state index in [-0.39, 0.29) is 42.7 Å². The second kappa shape index (κ2) is 8.77. The van der Waals surface area contributed by atoms with Crippen LogP contribution in [0.3, 0.4) is 0 Å². The molecule has 6 atom stereocenters. The zero-order valence-electron chi connectivity index (χ0n) is 22.6. The summed E-state index contributed by atoms with van der Waals surface area (Å²) in [7, 11) is 1.97. The number of hydrogen-bond donors (Lipinski definition) is 2. The summed E-state index contributed by atoms with van der Waals surface area (Å²) in [6.07, 6.45) is 0.561. The molecule has 0 saturated carbocycles. The molecule has 2 fully saturated rings. The first-order valence-electron chi connectivity index (χ1n) is 13.3. The van der Waals surface area contributed by atoms with Gasteiger partial charge in [-0.15, -0.1) is 11.8 Å². The van der Waals surface area contributed by atoms with E-state index >= 15 is 0 Å². The molecule has 0 radical (unpaired) electrons. The van der Waals surface area contributed by atoms with Crippen molar-refractivity contribution >= 4 is 23.5 Å². The molecule has 2 aromatic carbocycles. The lowest BCUT2D eigenvalue weighted by Gasteiger charge is -2.61. The van der Waals surface area contributed by atoms with Crippen molar-refractivity contribution in [3.63, 3.8) is 0 Å². The van der Waals surface area contributed by atoms with Gasteiger partial charge in [-0.25, -0.2) is 4.79 Å². The van der Waals surface area contributed by atoms with Gasteiger partial charge in [0.25, 0.3) is 0 Å². The van der Waals surface area contributed by atoms with E-state index in [4.69, 9.17) is 14.2 Å². The number of rotatable bonds is 0. The first-order chi connectivity index (χ1) is 19.1. The Hall–Kier alpha value is -3.46. The third-order valence-electron chi connectivity index (χ3n) is 9.49. The van der Waals surface area contributed by atoms with Gasteiger partial charge in [-0.2, -0.15) is 5.26 Å². The molecule has 7 rings (SSSR count). The zero-order chi connectivity index (χ0) is 28.2. The average Bonchev–Trinajstić information content (AvgIpc) is 3.42. The quantitative estimate of drug-likeness (QED) is 0.362.